The van der Waals surface area contributed by atoms with E-state index in [1.54, 1.807) is 38.1 Å². The summed E-state index contributed by atoms with van der Waals surface area (Å²) in [6, 6.07) is 6.62. The van der Waals surface area contributed by atoms with Crippen LogP contribution in [-0.2, 0) is 5.60 Å². The highest BCUT2D eigenvalue weighted by atomic mass is 16.3. The first-order chi connectivity index (χ1) is 7.06. The van der Waals surface area contributed by atoms with Gasteiger partial charge in [0, 0.05) is 6.42 Å². The Labute approximate surface area is 90.6 Å². The van der Waals surface area contributed by atoms with Crippen molar-refractivity contribution in [3.63, 3.8) is 0 Å². The lowest BCUT2D eigenvalue weighted by Crippen LogP contribution is -2.20. The molecule has 1 rings (SSSR count). The van der Waals surface area contributed by atoms with Crippen LogP contribution >= 0.6 is 0 Å². The first-order valence-electron chi connectivity index (χ1n) is 4.98. The predicted octanol–water partition coefficient (Wildman–Crippen LogP) is 2.40. The van der Waals surface area contributed by atoms with Gasteiger partial charge in [-0.2, -0.15) is 0 Å². The van der Waals surface area contributed by atoms with Gasteiger partial charge in [0.15, 0.2) is 0 Å². The van der Waals surface area contributed by atoms with E-state index in [1.807, 2.05) is 0 Å². The van der Waals surface area contributed by atoms with Crippen LogP contribution in [0.2, 0.25) is 0 Å². The number of benzene rings is 1. The highest BCUT2D eigenvalue weighted by Gasteiger charge is 2.21. The maximum absolute atomic E-state index is 10.2. The van der Waals surface area contributed by atoms with Crippen LogP contribution < -0.4 is 0 Å². The lowest BCUT2D eigenvalue weighted by atomic mass is 9.91. The van der Waals surface area contributed by atoms with Gasteiger partial charge in [0.05, 0.1) is 5.60 Å². The Morgan fingerprint density at radius 3 is 2.40 bits per heavy atom. The summed E-state index contributed by atoms with van der Waals surface area (Å²) in [5.41, 5.74) is -0.0735. The molecule has 1 aromatic carbocycles. The number of phenols is 1. The van der Waals surface area contributed by atoms with Crippen LogP contribution in [0.4, 0.5) is 0 Å². The van der Waals surface area contributed by atoms with Crippen molar-refractivity contribution in [2.24, 2.45) is 0 Å². The Bertz CT molecular complexity index is 366. The van der Waals surface area contributed by atoms with Crippen molar-refractivity contribution in [1.82, 2.24) is 0 Å². The molecule has 0 saturated carbocycles. The van der Waals surface area contributed by atoms with Gasteiger partial charge in [-0.3, -0.25) is 0 Å². The van der Waals surface area contributed by atoms with Gasteiger partial charge in [-0.25, -0.2) is 0 Å². The van der Waals surface area contributed by atoms with Gasteiger partial charge in [0.1, 0.15) is 5.75 Å². The number of rotatable bonds is 3. The highest BCUT2D eigenvalue weighted by molar-refractivity contribution is 5.29. The molecule has 15 heavy (non-hydrogen) atoms. The molecule has 1 atom stereocenters. The van der Waals surface area contributed by atoms with Gasteiger partial charge in [-0.05, 0) is 38.0 Å². The molecule has 0 fully saturated rings. The monoisotopic (exact) mass is 204 g/mol. The lowest BCUT2D eigenvalue weighted by molar-refractivity contribution is 0.0493. The van der Waals surface area contributed by atoms with Crippen LogP contribution in [0.15, 0.2) is 24.3 Å². The van der Waals surface area contributed by atoms with Gasteiger partial charge >= 0.3 is 0 Å². The van der Waals surface area contributed by atoms with Crippen molar-refractivity contribution in [3.05, 3.63) is 29.8 Å². The van der Waals surface area contributed by atoms with E-state index in [0.29, 0.717) is 12.8 Å². The second kappa shape index (κ2) is 4.86. The molecule has 0 heterocycles. The molecule has 0 aromatic heterocycles. The van der Waals surface area contributed by atoms with E-state index >= 15 is 0 Å². The summed E-state index contributed by atoms with van der Waals surface area (Å²) in [5.74, 6) is 5.94. The average molecular weight is 204 g/mol. The Morgan fingerprint density at radius 1 is 1.27 bits per heavy atom. The van der Waals surface area contributed by atoms with E-state index < -0.39 is 5.60 Å². The fraction of sp³-hybridized carbons (Fsp3) is 0.385. The minimum absolute atomic E-state index is 0.211. The first-order valence-corrected chi connectivity index (χ1v) is 4.98. The highest BCUT2D eigenvalue weighted by Crippen LogP contribution is 2.26. The van der Waals surface area contributed by atoms with Gasteiger partial charge in [0.25, 0.3) is 0 Å². The molecular formula is C13H16O2. The molecule has 1 unspecified atom stereocenters. The molecule has 80 valence electrons. The molecule has 2 heteroatoms. The number of aromatic hydroxyl groups is 1. The lowest BCUT2D eigenvalue weighted by Gasteiger charge is -2.22. The molecule has 0 aliphatic carbocycles. The van der Waals surface area contributed by atoms with Crippen molar-refractivity contribution >= 4 is 0 Å². The average Bonchev–Trinajstić information content (AvgIpc) is 2.18. The summed E-state index contributed by atoms with van der Waals surface area (Å²) in [7, 11) is 0. The zero-order valence-electron chi connectivity index (χ0n) is 9.12. The molecule has 0 radical (unpaired) electrons. The van der Waals surface area contributed by atoms with Gasteiger partial charge < -0.3 is 10.2 Å². The van der Waals surface area contributed by atoms with E-state index in [9.17, 15) is 5.11 Å². The van der Waals surface area contributed by atoms with Crippen molar-refractivity contribution in [2.75, 3.05) is 0 Å². The molecule has 2 N–H and O–H groups in total. The molecule has 0 aliphatic heterocycles. The Hall–Kier alpha value is -1.46. The van der Waals surface area contributed by atoms with Gasteiger partial charge in [-0.1, -0.05) is 12.1 Å². The second-order valence-corrected chi connectivity index (χ2v) is 3.75. The van der Waals surface area contributed by atoms with Gasteiger partial charge in [0.2, 0.25) is 0 Å². The molecule has 0 bridgehead atoms. The standard InChI is InChI=1S/C13H16O2/c1-3-4-5-10-13(2,15)11-6-8-12(14)9-7-11/h6-9,14-15H,5,10H2,1-2H3. The van der Waals surface area contributed by atoms with E-state index in [1.165, 1.54) is 0 Å². The maximum atomic E-state index is 10.2. The molecule has 2 nitrogen and oxygen atoms in total. The zero-order chi connectivity index (χ0) is 11.3. The van der Waals surface area contributed by atoms with Crippen LogP contribution in [0.1, 0.15) is 32.3 Å². The summed E-state index contributed by atoms with van der Waals surface area (Å²) >= 11 is 0. The van der Waals surface area contributed by atoms with Crippen LogP contribution in [0.25, 0.3) is 0 Å². The van der Waals surface area contributed by atoms with Crippen molar-refractivity contribution < 1.29 is 10.2 Å². The Kier molecular flexibility index (Phi) is 3.76. The van der Waals surface area contributed by atoms with Crippen molar-refractivity contribution in [3.8, 4) is 17.6 Å². The number of hydrogen-bond acceptors (Lipinski definition) is 2. The molecule has 1 aromatic rings. The molecule has 0 saturated heterocycles. The van der Waals surface area contributed by atoms with Gasteiger partial charge in [-0.15, -0.1) is 11.8 Å². The fourth-order valence-corrected chi connectivity index (χ4v) is 1.40. The summed E-state index contributed by atoms with van der Waals surface area (Å²) in [5, 5.41) is 19.3. The van der Waals surface area contributed by atoms with Crippen LogP contribution in [-0.4, -0.2) is 10.2 Å². The van der Waals surface area contributed by atoms with E-state index in [-0.39, 0.29) is 5.75 Å². The van der Waals surface area contributed by atoms with Crippen molar-refractivity contribution in [1.29, 1.82) is 0 Å². The predicted molar refractivity (Wildman–Crippen MR) is 60.4 cm³/mol. The summed E-state index contributed by atoms with van der Waals surface area (Å²) in [6.45, 7) is 3.55. The quantitative estimate of drug-likeness (QED) is 0.742. The third kappa shape index (κ3) is 3.30. The van der Waals surface area contributed by atoms with Crippen LogP contribution in [0.3, 0.4) is 0 Å². The zero-order valence-corrected chi connectivity index (χ0v) is 9.12. The number of phenolic OH excluding ortho intramolecular Hbond substituents is 1. The Morgan fingerprint density at radius 2 is 1.87 bits per heavy atom. The summed E-state index contributed by atoms with van der Waals surface area (Å²) in [4.78, 5) is 0. The van der Waals surface area contributed by atoms with E-state index in [4.69, 9.17) is 5.11 Å². The SMILES string of the molecule is CC#CCCC(C)(O)c1ccc(O)cc1. The summed E-state index contributed by atoms with van der Waals surface area (Å²) in [6.07, 6.45) is 1.27. The maximum Gasteiger partial charge on any atom is 0.115 e. The second-order valence-electron chi connectivity index (χ2n) is 3.75. The van der Waals surface area contributed by atoms with E-state index in [2.05, 4.69) is 11.8 Å². The van der Waals surface area contributed by atoms with E-state index in [0.717, 1.165) is 5.56 Å². The fourth-order valence-electron chi connectivity index (χ4n) is 1.40. The van der Waals surface area contributed by atoms with Crippen molar-refractivity contribution in [2.45, 2.75) is 32.3 Å². The van der Waals surface area contributed by atoms with Crippen LogP contribution in [0, 0.1) is 11.8 Å². The number of aliphatic hydroxyl groups is 1. The number of hydrogen-bond donors (Lipinski definition) is 2. The smallest absolute Gasteiger partial charge is 0.115 e. The minimum Gasteiger partial charge on any atom is -0.508 e. The largest absolute Gasteiger partial charge is 0.508 e. The Balaban J connectivity index is 2.74. The molecular weight excluding hydrogens is 188 g/mol. The minimum atomic E-state index is -0.877. The topological polar surface area (TPSA) is 40.5 Å². The third-order valence-corrected chi connectivity index (χ3v) is 2.40. The first kappa shape index (κ1) is 11.6. The van der Waals surface area contributed by atoms with Crippen LogP contribution in [0.5, 0.6) is 5.75 Å². The molecule has 0 spiro atoms. The summed E-state index contributed by atoms with van der Waals surface area (Å²) < 4.78 is 0. The molecule has 0 amide bonds. The normalized spacial score (nSPS) is 13.8. The molecule has 0 aliphatic rings. The third-order valence-electron chi connectivity index (χ3n) is 2.40.